The number of phenolic OH excluding ortho intramolecular Hbond substituents is 2. The Morgan fingerprint density at radius 2 is 2.11 bits per heavy atom. The maximum Gasteiger partial charge on any atom is 0.197 e. The Kier molecular flexibility index (Phi) is 4.67. The van der Waals surface area contributed by atoms with E-state index in [0.29, 0.717) is 11.3 Å². The average molecular weight is 387 g/mol. The van der Waals surface area contributed by atoms with Crippen LogP contribution in [0.2, 0.25) is 0 Å². The molecule has 4 rings (SSSR count). The SMILES string of the molecule is CCN1CC[C@H](c2c(O)cc(O)c3c(=O)cc(-c4cccs4)oc23)[C@H]1CO. The number of nitrogens with zero attached hydrogens (tertiary/aromatic N) is 1. The largest absolute Gasteiger partial charge is 0.507 e. The van der Waals surface area contributed by atoms with Crippen molar-refractivity contribution in [2.45, 2.75) is 25.3 Å². The van der Waals surface area contributed by atoms with Crippen molar-refractivity contribution >= 4 is 22.3 Å². The molecule has 6 nitrogen and oxygen atoms in total. The van der Waals surface area contributed by atoms with Gasteiger partial charge in [-0.05, 0) is 31.0 Å². The zero-order valence-electron chi connectivity index (χ0n) is 14.9. The predicted molar refractivity (Wildman–Crippen MR) is 105 cm³/mol. The summed E-state index contributed by atoms with van der Waals surface area (Å²) in [5.74, 6) is -0.212. The Bertz CT molecular complexity index is 1030. The van der Waals surface area contributed by atoms with Crippen LogP contribution in [0.4, 0.5) is 0 Å². The number of thiophene rings is 1. The van der Waals surface area contributed by atoms with E-state index in [-0.39, 0.29) is 46.5 Å². The smallest absolute Gasteiger partial charge is 0.197 e. The lowest BCUT2D eigenvalue weighted by molar-refractivity contribution is 0.155. The van der Waals surface area contributed by atoms with E-state index in [2.05, 4.69) is 4.90 Å². The highest BCUT2D eigenvalue weighted by Crippen LogP contribution is 2.44. The second kappa shape index (κ2) is 6.99. The maximum absolute atomic E-state index is 12.7. The first-order chi connectivity index (χ1) is 13.0. The molecule has 142 valence electrons. The number of aliphatic hydroxyl groups is 1. The van der Waals surface area contributed by atoms with Crippen molar-refractivity contribution in [1.82, 2.24) is 4.90 Å². The Balaban J connectivity index is 1.98. The van der Waals surface area contributed by atoms with Crippen LogP contribution in [0, 0.1) is 0 Å². The van der Waals surface area contributed by atoms with E-state index in [1.54, 1.807) is 0 Å². The molecule has 3 heterocycles. The topological polar surface area (TPSA) is 94.1 Å². The first-order valence-corrected chi connectivity index (χ1v) is 9.84. The van der Waals surface area contributed by atoms with Crippen LogP contribution in [0.5, 0.6) is 11.5 Å². The van der Waals surface area contributed by atoms with E-state index in [1.165, 1.54) is 23.5 Å². The molecule has 1 fully saturated rings. The van der Waals surface area contributed by atoms with E-state index in [4.69, 9.17) is 4.42 Å². The lowest BCUT2D eigenvalue weighted by atomic mass is 9.89. The summed E-state index contributed by atoms with van der Waals surface area (Å²) in [6.45, 7) is 3.52. The summed E-state index contributed by atoms with van der Waals surface area (Å²) in [4.78, 5) is 15.6. The highest BCUT2D eigenvalue weighted by Gasteiger charge is 2.37. The first kappa shape index (κ1) is 18.0. The molecular formula is C20H21NO5S. The van der Waals surface area contributed by atoms with Gasteiger partial charge in [0.2, 0.25) is 0 Å². The van der Waals surface area contributed by atoms with Crippen molar-refractivity contribution < 1.29 is 19.7 Å². The molecule has 1 aliphatic rings. The quantitative estimate of drug-likeness (QED) is 0.637. The number of likely N-dealkylation sites (tertiary alicyclic amines) is 1. The molecule has 2 atom stereocenters. The Labute approximate surface area is 159 Å². The fourth-order valence-electron chi connectivity index (χ4n) is 4.11. The van der Waals surface area contributed by atoms with Gasteiger partial charge in [0.15, 0.2) is 5.43 Å². The van der Waals surface area contributed by atoms with Gasteiger partial charge in [0.05, 0.1) is 11.5 Å². The summed E-state index contributed by atoms with van der Waals surface area (Å²) in [5.41, 5.74) is 0.322. The van der Waals surface area contributed by atoms with Gasteiger partial charge in [0, 0.05) is 29.7 Å². The van der Waals surface area contributed by atoms with Crippen molar-refractivity contribution in [2.75, 3.05) is 19.7 Å². The molecule has 1 saturated heterocycles. The molecule has 0 unspecified atom stereocenters. The number of benzene rings is 1. The Morgan fingerprint density at radius 1 is 1.30 bits per heavy atom. The van der Waals surface area contributed by atoms with Gasteiger partial charge in [-0.3, -0.25) is 9.69 Å². The maximum atomic E-state index is 12.7. The Morgan fingerprint density at radius 3 is 2.78 bits per heavy atom. The third-order valence-electron chi connectivity index (χ3n) is 5.39. The summed E-state index contributed by atoms with van der Waals surface area (Å²) in [7, 11) is 0. The first-order valence-electron chi connectivity index (χ1n) is 8.96. The van der Waals surface area contributed by atoms with E-state index < -0.39 is 0 Å². The minimum atomic E-state index is -0.357. The highest BCUT2D eigenvalue weighted by atomic mass is 32.1. The highest BCUT2D eigenvalue weighted by molar-refractivity contribution is 7.13. The number of rotatable bonds is 4. The zero-order valence-corrected chi connectivity index (χ0v) is 15.7. The number of hydrogen-bond acceptors (Lipinski definition) is 7. The van der Waals surface area contributed by atoms with Gasteiger partial charge in [-0.2, -0.15) is 0 Å². The van der Waals surface area contributed by atoms with Crippen LogP contribution < -0.4 is 5.43 Å². The summed E-state index contributed by atoms with van der Waals surface area (Å²) in [5, 5.41) is 32.7. The van der Waals surface area contributed by atoms with Crippen molar-refractivity contribution in [2.24, 2.45) is 0 Å². The average Bonchev–Trinajstić information content (AvgIpc) is 3.30. The number of aliphatic hydroxyl groups excluding tert-OH is 1. The van der Waals surface area contributed by atoms with Crippen molar-refractivity contribution in [3.8, 4) is 22.1 Å². The van der Waals surface area contributed by atoms with Crippen LogP contribution in [0.3, 0.4) is 0 Å². The monoisotopic (exact) mass is 387 g/mol. The van der Waals surface area contributed by atoms with Crippen molar-refractivity contribution in [3.05, 3.63) is 45.4 Å². The summed E-state index contributed by atoms with van der Waals surface area (Å²) in [6, 6.07) is 6.10. The number of hydrogen-bond donors (Lipinski definition) is 3. The minimum Gasteiger partial charge on any atom is -0.507 e. The van der Waals surface area contributed by atoms with Gasteiger partial charge in [-0.1, -0.05) is 13.0 Å². The van der Waals surface area contributed by atoms with Crippen molar-refractivity contribution in [3.63, 3.8) is 0 Å². The van der Waals surface area contributed by atoms with E-state index >= 15 is 0 Å². The molecule has 3 aromatic rings. The second-order valence-corrected chi connectivity index (χ2v) is 7.71. The molecule has 7 heteroatoms. The lowest BCUT2D eigenvalue weighted by Gasteiger charge is -2.26. The molecule has 1 aliphatic heterocycles. The standard InChI is InChI=1S/C20H21NO5S/c1-2-21-6-5-11(12(21)10-22)18-13(23)8-14(24)19-15(25)9-16(26-20(18)19)17-4-3-7-27-17/h3-4,7-9,11-12,22-24H,2,5-6,10H2,1H3/t11-,12+/m0/s1. The van der Waals surface area contributed by atoms with Gasteiger partial charge in [-0.15, -0.1) is 11.3 Å². The van der Waals surface area contributed by atoms with Crippen LogP contribution in [-0.2, 0) is 0 Å². The van der Waals surface area contributed by atoms with Gasteiger partial charge < -0.3 is 19.7 Å². The van der Waals surface area contributed by atoms with Crippen LogP contribution >= 0.6 is 11.3 Å². The van der Waals surface area contributed by atoms with Gasteiger partial charge in [0.25, 0.3) is 0 Å². The fraction of sp³-hybridized carbons (Fsp3) is 0.350. The molecule has 0 radical (unpaired) electrons. The molecule has 0 aliphatic carbocycles. The molecule has 3 N–H and O–H groups in total. The predicted octanol–water partition coefficient (Wildman–Crippen LogP) is 3.10. The molecule has 0 bridgehead atoms. The lowest BCUT2D eigenvalue weighted by Crippen LogP contribution is -2.35. The normalized spacial score (nSPS) is 20.5. The molecule has 0 saturated carbocycles. The summed E-state index contributed by atoms with van der Waals surface area (Å²) >= 11 is 1.44. The summed E-state index contributed by atoms with van der Waals surface area (Å²) in [6.07, 6.45) is 0.722. The van der Waals surface area contributed by atoms with Crippen LogP contribution in [0.15, 0.2) is 38.9 Å². The minimum absolute atomic E-state index is 0.0604. The van der Waals surface area contributed by atoms with Crippen LogP contribution in [0.25, 0.3) is 21.6 Å². The molecule has 2 aromatic heterocycles. The fourth-order valence-corrected chi connectivity index (χ4v) is 4.79. The molecular weight excluding hydrogens is 366 g/mol. The van der Waals surface area contributed by atoms with Crippen molar-refractivity contribution in [1.29, 1.82) is 0 Å². The van der Waals surface area contributed by atoms with E-state index in [1.807, 2.05) is 24.4 Å². The van der Waals surface area contributed by atoms with E-state index in [9.17, 15) is 20.1 Å². The molecule has 1 aromatic carbocycles. The second-order valence-electron chi connectivity index (χ2n) is 6.76. The summed E-state index contributed by atoms with van der Waals surface area (Å²) < 4.78 is 6.04. The zero-order chi connectivity index (χ0) is 19.1. The van der Waals surface area contributed by atoms with Gasteiger partial charge in [0.1, 0.15) is 28.2 Å². The number of phenols is 2. The molecule has 0 spiro atoms. The van der Waals surface area contributed by atoms with Crippen LogP contribution in [0.1, 0.15) is 24.8 Å². The van der Waals surface area contributed by atoms with Crippen LogP contribution in [-0.4, -0.2) is 46.0 Å². The third kappa shape index (κ3) is 2.92. The number of aromatic hydroxyl groups is 2. The molecule has 27 heavy (non-hydrogen) atoms. The van der Waals surface area contributed by atoms with E-state index in [0.717, 1.165) is 24.4 Å². The number of fused-ring (bicyclic) bond motifs is 1. The number of likely N-dealkylation sites (N-methyl/N-ethyl adjacent to an activating group) is 1. The van der Waals surface area contributed by atoms with Gasteiger partial charge >= 0.3 is 0 Å². The van der Waals surface area contributed by atoms with Gasteiger partial charge in [-0.25, -0.2) is 0 Å². The molecule has 0 amide bonds. The third-order valence-corrected chi connectivity index (χ3v) is 6.27. The Hall–Kier alpha value is -2.35.